The number of benzene rings is 1. The number of fused-ring (bicyclic) bond motifs is 1. The minimum Gasteiger partial charge on any atom is -0.358 e. The molecule has 0 bridgehead atoms. The van der Waals surface area contributed by atoms with E-state index in [0.717, 1.165) is 31.9 Å². The van der Waals surface area contributed by atoms with E-state index >= 15 is 0 Å². The second-order valence-corrected chi connectivity index (χ2v) is 8.02. The highest BCUT2D eigenvalue weighted by molar-refractivity contribution is 5.94. The van der Waals surface area contributed by atoms with Crippen LogP contribution in [0.4, 0.5) is 19.0 Å². The van der Waals surface area contributed by atoms with Crippen molar-refractivity contribution in [1.29, 1.82) is 5.26 Å². The highest BCUT2D eigenvalue weighted by atomic mass is 19.4. The Morgan fingerprint density at radius 1 is 1.19 bits per heavy atom. The summed E-state index contributed by atoms with van der Waals surface area (Å²) in [4.78, 5) is 18.2. The van der Waals surface area contributed by atoms with Gasteiger partial charge in [0.25, 0.3) is 5.91 Å². The third-order valence-electron chi connectivity index (χ3n) is 5.96. The van der Waals surface area contributed by atoms with E-state index in [-0.39, 0.29) is 23.6 Å². The van der Waals surface area contributed by atoms with E-state index in [2.05, 4.69) is 10.3 Å². The SMILES string of the molecule is CN(c1cccc2nc(C(F)(F)F)cn12)[C@H]1CC[C@@H](NC(=O)c2cccc(C#N)c2)CC1. The van der Waals surface area contributed by atoms with Crippen LogP contribution in [0.2, 0.25) is 0 Å². The Kier molecular flexibility index (Phi) is 5.78. The summed E-state index contributed by atoms with van der Waals surface area (Å²) in [5.41, 5.74) is 0.230. The molecule has 0 unspecified atom stereocenters. The van der Waals surface area contributed by atoms with Gasteiger partial charge in [0.05, 0.1) is 11.6 Å². The second kappa shape index (κ2) is 8.54. The van der Waals surface area contributed by atoms with Crippen LogP contribution in [0.1, 0.15) is 47.3 Å². The Hall–Kier alpha value is -3.54. The highest BCUT2D eigenvalue weighted by Gasteiger charge is 2.34. The first-order valence-electron chi connectivity index (χ1n) is 10.4. The third kappa shape index (κ3) is 4.40. The first-order chi connectivity index (χ1) is 15.3. The van der Waals surface area contributed by atoms with Crippen molar-refractivity contribution in [3.63, 3.8) is 0 Å². The van der Waals surface area contributed by atoms with Crippen LogP contribution >= 0.6 is 0 Å². The van der Waals surface area contributed by atoms with Gasteiger partial charge in [0.2, 0.25) is 0 Å². The Balaban J connectivity index is 1.41. The van der Waals surface area contributed by atoms with E-state index in [0.29, 0.717) is 16.9 Å². The first kappa shape index (κ1) is 21.7. The number of alkyl halides is 3. The van der Waals surface area contributed by atoms with Gasteiger partial charge in [-0.15, -0.1) is 0 Å². The molecule has 9 heteroatoms. The molecule has 0 spiro atoms. The fourth-order valence-corrected chi connectivity index (χ4v) is 4.21. The molecule has 1 aliphatic carbocycles. The number of carbonyl (C=O) groups excluding carboxylic acids is 1. The topological polar surface area (TPSA) is 73.4 Å². The zero-order valence-electron chi connectivity index (χ0n) is 17.4. The van der Waals surface area contributed by atoms with Crippen LogP contribution in [0, 0.1) is 11.3 Å². The summed E-state index contributed by atoms with van der Waals surface area (Å²) < 4.78 is 40.7. The zero-order valence-corrected chi connectivity index (χ0v) is 17.4. The Morgan fingerprint density at radius 2 is 1.91 bits per heavy atom. The van der Waals surface area contributed by atoms with E-state index < -0.39 is 11.9 Å². The largest absolute Gasteiger partial charge is 0.434 e. The van der Waals surface area contributed by atoms with Crippen LogP contribution in [0.3, 0.4) is 0 Å². The number of hydrogen-bond donors (Lipinski definition) is 1. The molecule has 0 aliphatic heterocycles. The first-order valence-corrected chi connectivity index (χ1v) is 10.4. The summed E-state index contributed by atoms with van der Waals surface area (Å²) in [6.07, 6.45) is -0.375. The van der Waals surface area contributed by atoms with Gasteiger partial charge >= 0.3 is 6.18 Å². The number of nitriles is 1. The molecule has 32 heavy (non-hydrogen) atoms. The van der Waals surface area contributed by atoms with Gasteiger partial charge in [-0.05, 0) is 56.0 Å². The van der Waals surface area contributed by atoms with Crippen molar-refractivity contribution in [2.24, 2.45) is 0 Å². The Labute approximate surface area is 183 Å². The highest BCUT2D eigenvalue weighted by Crippen LogP contribution is 2.31. The quantitative estimate of drug-likeness (QED) is 0.651. The van der Waals surface area contributed by atoms with Gasteiger partial charge in [0.1, 0.15) is 11.5 Å². The number of hydrogen-bond acceptors (Lipinski definition) is 4. The number of anilines is 1. The van der Waals surface area contributed by atoms with E-state index in [1.54, 1.807) is 42.5 Å². The lowest BCUT2D eigenvalue weighted by atomic mass is 9.90. The molecular formula is C23H22F3N5O. The molecule has 1 aromatic carbocycles. The maximum Gasteiger partial charge on any atom is 0.434 e. The van der Waals surface area contributed by atoms with Crippen molar-refractivity contribution < 1.29 is 18.0 Å². The van der Waals surface area contributed by atoms with Crippen molar-refractivity contribution in [1.82, 2.24) is 14.7 Å². The lowest BCUT2D eigenvalue weighted by Gasteiger charge is -2.36. The molecule has 0 atom stereocenters. The van der Waals surface area contributed by atoms with E-state index in [1.165, 1.54) is 4.40 Å². The van der Waals surface area contributed by atoms with E-state index in [4.69, 9.17) is 5.26 Å². The number of nitrogens with zero attached hydrogens (tertiary/aromatic N) is 4. The lowest BCUT2D eigenvalue weighted by molar-refractivity contribution is -0.140. The van der Waals surface area contributed by atoms with Crippen molar-refractivity contribution in [2.75, 3.05) is 11.9 Å². The number of halogens is 3. The van der Waals surface area contributed by atoms with E-state index in [9.17, 15) is 18.0 Å². The van der Waals surface area contributed by atoms with Gasteiger partial charge in [-0.25, -0.2) is 4.98 Å². The fourth-order valence-electron chi connectivity index (χ4n) is 4.21. The molecule has 6 nitrogen and oxygen atoms in total. The van der Waals surface area contributed by atoms with Gasteiger partial charge < -0.3 is 10.2 Å². The van der Waals surface area contributed by atoms with Gasteiger partial charge in [-0.2, -0.15) is 18.4 Å². The van der Waals surface area contributed by atoms with Crippen molar-refractivity contribution in [2.45, 2.75) is 43.9 Å². The number of rotatable bonds is 4. The second-order valence-electron chi connectivity index (χ2n) is 8.02. The minimum absolute atomic E-state index is 0.0127. The lowest BCUT2D eigenvalue weighted by Crippen LogP contribution is -2.43. The molecule has 3 aromatic rings. The molecule has 2 aromatic heterocycles. The van der Waals surface area contributed by atoms with Gasteiger partial charge in [0.15, 0.2) is 5.69 Å². The smallest absolute Gasteiger partial charge is 0.358 e. The van der Waals surface area contributed by atoms with Crippen LogP contribution in [-0.4, -0.2) is 34.4 Å². The van der Waals surface area contributed by atoms with Gasteiger partial charge in [0, 0.05) is 30.9 Å². The molecule has 1 N–H and O–H groups in total. The predicted octanol–water partition coefficient (Wildman–Crippen LogP) is 4.40. The molecule has 166 valence electrons. The zero-order chi connectivity index (χ0) is 22.9. The summed E-state index contributed by atoms with van der Waals surface area (Å²) in [6.45, 7) is 0. The number of carbonyl (C=O) groups is 1. The maximum atomic E-state index is 13.1. The summed E-state index contributed by atoms with van der Waals surface area (Å²) in [5, 5.41) is 12.0. The molecule has 1 aliphatic rings. The predicted molar refractivity (Wildman–Crippen MR) is 113 cm³/mol. The van der Waals surface area contributed by atoms with Crippen LogP contribution in [0.25, 0.3) is 5.65 Å². The molecule has 1 saturated carbocycles. The Bertz CT molecular complexity index is 1170. The number of pyridine rings is 1. The monoisotopic (exact) mass is 441 g/mol. The van der Waals surface area contributed by atoms with Gasteiger partial charge in [-0.3, -0.25) is 9.20 Å². The Morgan fingerprint density at radius 3 is 2.59 bits per heavy atom. The fraction of sp³-hybridized carbons (Fsp3) is 0.348. The normalized spacial score (nSPS) is 18.8. The molecular weight excluding hydrogens is 419 g/mol. The van der Waals surface area contributed by atoms with Crippen LogP contribution < -0.4 is 10.2 Å². The minimum atomic E-state index is -4.50. The van der Waals surface area contributed by atoms with Crippen LogP contribution in [0.5, 0.6) is 0 Å². The summed E-state index contributed by atoms with van der Waals surface area (Å²) in [7, 11) is 1.87. The number of aromatic nitrogens is 2. The summed E-state index contributed by atoms with van der Waals surface area (Å²) in [5.74, 6) is 0.438. The summed E-state index contributed by atoms with van der Waals surface area (Å²) >= 11 is 0. The third-order valence-corrected chi connectivity index (χ3v) is 5.96. The average molecular weight is 441 g/mol. The molecule has 0 saturated heterocycles. The molecule has 1 fully saturated rings. The van der Waals surface area contributed by atoms with Crippen LogP contribution in [0.15, 0.2) is 48.7 Å². The number of amides is 1. The van der Waals surface area contributed by atoms with Crippen molar-refractivity contribution in [3.8, 4) is 6.07 Å². The molecule has 0 radical (unpaired) electrons. The number of imidazole rings is 1. The van der Waals surface area contributed by atoms with Crippen LogP contribution in [-0.2, 0) is 6.18 Å². The van der Waals surface area contributed by atoms with E-state index in [1.807, 2.05) is 18.0 Å². The number of nitrogens with one attached hydrogen (secondary N) is 1. The van der Waals surface area contributed by atoms with Crippen molar-refractivity contribution >= 4 is 17.4 Å². The standard InChI is InChI=1S/C23H22F3N5O/c1-30(21-7-3-6-20-29-19(14-31(20)21)23(24,25)26)18-10-8-17(9-11-18)28-22(32)16-5-2-4-15(12-16)13-27/h2-7,12,14,17-18H,8-11H2,1H3,(H,28,32)/t17-,18+. The van der Waals surface area contributed by atoms with Crippen molar-refractivity contribution in [3.05, 3.63) is 65.5 Å². The maximum absolute atomic E-state index is 13.1. The molecule has 4 rings (SSSR count). The average Bonchev–Trinajstić information content (AvgIpc) is 3.24. The van der Waals surface area contributed by atoms with Gasteiger partial charge in [-0.1, -0.05) is 12.1 Å². The summed E-state index contributed by atoms with van der Waals surface area (Å²) in [6, 6.07) is 13.8. The molecule has 2 heterocycles. The molecule has 1 amide bonds.